The van der Waals surface area contributed by atoms with Crippen molar-refractivity contribution < 1.29 is 24.4 Å². The molecule has 0 aliphatic carbocycles. The summed E-state index contributed by atoms with van der Waals surface area (Å²) in [6, 6.07) is 25.5. The van der Waals surface area contributed by atoms with E-state index in [0.29, 0.717) is 15.9 Å². The van der Waals surface area contributed by atoms with Crippen LogP contribution < -0.4 is 15.9 Å². The molecule has 6 nitrogen and oxygen atoms in total. The van der Waals surface area contributed by atoms with Gasteiger partial charge in [-0.15, -0.1) is 0 Å². The smallest absolute Gasteiger partial charge is 0.196 e. The molecule has 0 amide bonds. The van der Waals surface area contributed by atoms with E-state index in [0.717, 1.165) is 0 Å². The van der Waals surface area contributed by atoms with Gasteiger partial charge in [0.1, 0.15) is 0 Å². The summed E-state index contributed by atoms with van der Waals surface area (Å²) in [4.78, 5) is 0. The molecule has 0 bridgehead atoms. The Morgan fingerprint density at radius 1 is 0.464 bits per heavy atom. The molecule has 0 N–H and O–H groups in total. The Morgan fingerprint density at radius 2 is 0.714 bits per heavy atom. The summed E-state index contributed by atoms with van der Waals surface area (Å²) in [5.41, 5.74) is 0. The summed E-state index contributed by atoms with van der Waals surface area (Å²) in [5, 5.41) is 1.31. The second-order valence-corrected chi connectivity index (χ2v) is 11.6. The minimum atomic E-state index is -3.27. The molecule has 0 aliphatic heterocycles. The molecule has 138 valence electrons. The SMILES string of the molecule is O=[P+]([O][Al]([O][P+](=O)c1ccccc1)[O][P+](=O)c1ccccc1)c1ccccc1. The third-order valence-corrected chi connectivity index (χ3v) is 9.97. The third-order valence-electron chi connectivity index (χ3n) is 3.45. The first kappa shape index (κ1) is 21.1. The van der Waals surface area contributed by atoms with Crippen LogP contribution in [0.5, 0.6) is 0 Å². The molecule has 0 saturated carbocycles. The molecular weight excluding hydrogens is 432 g/mol. The molecule has 10 heteroatoms. The highest BCUT2D eigenvalue weighted by Crippen LogP contribution is 2.34. The van der Waals surface area contributed by atoms with E-state index < -0.39 is 39.2 Å². The van der Waals surface area contributed by atoms with E-state index in [2.05, 4.69) is 0 Å². The first-order valence-corrected chi connectivity index (χ1v) is 13.2. The fourth-order valence-electron chi connectivity index (χ4n) is 2.12. The minimum absolute atomic E-state index is 0.437. The van der Waals surface area contributed by atoms with Gasteiger partial charge in [0.2, 0.25) is 15.9 Å². The summed E-state index contributed by atoms with van der Waals surface area (Å²) < 4.78 is 53.9. The maximum absolute atomic E-state index is 12.5. The van der Waals surface area contributed by atoms with Gasteiger partial charge in [-0.05, 0) is 50.1 Å². The fourth-order valence-corrected chi connectivity index (χ4v) is 8.21. The highest BCUT2D eigenvalue weighted by Gasteiger charge is 2.57. The molecule has 0 heterocycles. The van der Waals surface area contributed by atoms with Gasteiger partial charge < -0.3 is 0 Å². The lowest BCUT2D eigenvalue weighted by Gasteiger charge is -1.94. The summed E-state index contributed by atoms with van der Waals surface area (Å²) in [5.74, 6) is 0. The minimum Gasteiger partial charge on any atom is -0.196 e. The lowest BCUT2D eigenvalue weighted by molar-refractivity contribution is 0.330. The van der Waals surface area contributed by atoms with Crippen LogP contribution in [0.2, 0.25) is 0 Å². The predicted molar refractivity (Wildman–Crippen MR) is 110 cm³/mol. The van der Waals surface area contributed by atoms with Crippen LogP contribution in [0, 0.1) is 0 Å². The van der Waals surface area contributed by atoms with Crippen molar-refractivity contribution in [1.29, 1.82) is 0 Å². The van der Waals surface area contributed by atoms with E-state index in [1.807, 2.05) is 0 Å². The van der Waals surface area contributed by atoms with E-state index in [9.17, 15) is 13.7 Å². The number of rotatable bonds is 9. The third kappa shape index (κ3) is 6.19. The maximum atomic E-state index is 12.5. The van der Waals surface area contributed by atoms with Gasteiger partial charge in [-0.2, -0.15) is 10.7 Å². The second-order valence-electron chi connectivity index (χ2n) is 5.38. The maximum Gasteiger partial charge on any atom is 1.04 e. The average molecular weight is 447 g/mol. The molecule has 0 saturated heterocycles. The molecule has 3 unspecified atom stereocenters. The van der Waals surface area contributed by atoms with Crippen molar-refractivity contribution in [1.82, 2.24) is 0 Å². The highest BCUT2D eigenvalue weighted by atomic mass is 31.1. The van der Waals surface area contributed by atoms with Gasteiger partial charge in [-0.25, -0.2) is 0 Å². The van der Waals surface area contributed by atoms with Gasteiger partial charge in [-0.3, -0.25) is 0 Å². The lowest BCUT2D eigenvalue weighted by Crippen LogP contribution is -2.23. The fraction of sp³-hybridized carbons (Fsp3) is 0. The largest absolute Gasteiger partial charge is 1.04 e. The highest BCUT2D eigenvalue weighted by molar-refractivity contribution is 7.53. The van der Waals surface area contributed by atoms with E-state index in [1.54, 1.807) is 91.0 Å². The number of hydrogen-bond acceptors (Lipinski definition) is 6. The van der Waals surface area contributed by atoms with Crippen molar-refractivity contribution in [3.05, 3.63) is 91.0 Å². The Morgan fingerprint density at radius 3 is 0.964 bits per heavy atom. The first-order valence-electron chi connectivity index (χ1n) is 8.21. The van der Waals surface area contributed by atoms with E-state index in [-0.39, 0.29) is 0 Å². The van der Waals surface area contributed by atoms with Crippen molar-refractivity contribution in [3.8, 4) is 0 Å². The zero-order valence-corrected chi connectivity index (χ0v) is 18.4. The Bertz CT molecular complexity index is 830. The zero-order valence-electron chi connectivity index (χ0n) is 14.5. The van der Waals surface area contributed by atoms with Crippen molar-refractivity contribution in [2.24, 2.45) is 0 Å². The van der Waals surface area contributed by atoms with Crippen LogP contribution in [0.1, 0.15) is 0 Å². The molecule has 3 aromatic rings. The molecule has 0 spiro atoms. The molecule has 0 aliphatic rings. The van der Waals surface area contributed by atoms with Crippen LogP contribution in [0.15, 0.2) is 91.0 Å². The van der Waals surface area contributed by atoms with Crippen LogP contribution >= 0.6 is 24.1 Å². The Labute approximate surface area is 170 Å². The Kier molecular flexibility index (Phi) is 8.13. The topological polar surface area (TPSA) is 78.9 Å². The van der Waals surface area contributed by atoms with E-state index in [1.165, 1.54) is 0 Å². The van der Waals surface area contributed by atoms with Gasteiger partial charge in [0.25, 0.3) is 0 Å². The monoisotopic (exact) mass is 447 g/mol. The van der Waals surface area contributed by atoms with Crippen LogP contribution in [-0.2, 0) is 24.4 Å². The van der Waals surface area contributed by atoms with Gasteiger partial charge >= 0.3 is 39.2 Å². The van der Waals surface area contributed by atoms with Crippen LogP contribution in [0.25, 0.3) is 0 Å². The number of hydrogen-bond donors (Lipinski definition) is 0. The Hall–Kier alpha value is -1.63. The molecular formula is C18H15AlO6P3+3. The molecule has 0 fully saturated rings. The molecule has 0 radical (unpaired) electrons. The van der Waals surface area contributed by atoms with Crippen molar-refractivity contribution in [2.75, 3.05) is 0 Å². The summed E-state index contributed by atoms with van der Waals surface area (Å²) in [7, 11) is -6.93. The number of benzene rings is 3. The quantitative estimate of drug-likeness (QED) is 0.361. The zero-order chi connectivity index (χ0) is 19.8. The molecule has 0 aromatic heterocycles. The van der Waals surface area contributed by atoms with Crippen molar-refractivity contribution >= 4 is 55.1 Å². The molecule has 28 heavy (non-hydrogen) atoms. The lowest BCUT2D eigenvalue weighted by atomic mass is 10.4. The van der Waals surface area contributed by atoms with Crippen molar-refractivity contribution in [3.63, 3.8) is 0 Å². The summed E-state index contributed by atoms with van der Waals surface area (Å²) in [6.07, 6.45) is 0. The first-order chi connectivity index (χ1) is 13.6. The molecule has 3 rings (SSSR count). The van der Waals surface area contributed by atoms with Gasteiger partial charge in [0.15, 0.2) is 0 Å². The summed E-state index contributed by atoms with van der Waals surface area (Å²) >= 11 is -3.27. The molecule has 3 atom stereocenters. The van der Waals surface area contributed by atoms with Crippen LogP contribution in [0.4, 0.5) is 0 Å². The van der Waals surface area contributed by atoms with E-state index in [4.69, 9.17) is 10.7 Å². The summed E-state index contributed by atoms with van der Waals surface area (Å²) in [6.45, 7) is 0. The van der Waals surface area contributed by atoms with Gasteiger partial charge in [-0.1, -0.05) is 54.6 Å². The average Bonchev–Trinajstić information content (AvgIpc) is 2.75. The van der Waals surface area contributed by atoms with Crippen LogP contribution in [0.3, 0.4) is 0 Å². The van der Waals surface area contributed by atoms with Crippen LogP contribution in [-0.4, -0.2) is 15.1 Å². The normalized spacial score (nSPS) is 12.2. The van der Waals surface area contributed by atoms with Gasteiger partial charge in [0, 0.05) is 0 Å². The van der Waals surface area contributed by atoms with Gasteiger partial charge in [0.05, 0.1) is 0 Å². The molecule has 3 aromatic carbocycles. The standard InChI is InChI=1S/3C6H5O2P.Al/c3*7-9(8)6-4-2-1-3-5-6;/h3*1-5H;/q;;;+3. The second kappa shape index (κ2) is 10.8. The Balaban J connectivity index is 1.76. The van der Waals surface area contributed by atoms with Crippen molar-refractivity contribution in [2.45, 2.75) is 0 Å². The van der Waals surface area contributed by atoms with E-state index >= 15 is 0 Å². The predicted octanol–water partition coefficient (Wildman–Crippen LogP) is 4.22.